The lowest BCUT2D eigenvalue weighted by molar-refractivity contribution is 0.0290. The molecule has 0 spiro atoms. The van der Waals surface area contributed by atoms with Crippen LogP contribution in [0.15, 0.2) is 18.2 Å². The molecule has 19 heavy (non-hydrogen) atoms. The molecule has 1 aliphatic heterocycles. The van der Waals surface area contributed by atoms with Crippen molar-refractivity contribution in [1.29, 1.82) is 0 Å². The van der Waals surface area contributed by atoms with Gasteiger partial charge in [0.05, 0.1) is 26.9 Å². The minimum absolute atomic E-state index is 0.258. The van der Waals surface area contributed by atoms with Gasteiger partial charge in [0.25, 0.3) is 0 Å². The first kappa shape index (κ1) is 14.1. The van der Waals surface area contributed by atoms with Crippen LogP contribution in [0.5, 0.6) is 11.5 Å². The predicted molar refractivity (Wildman–Crippen MR) is 73.9 cm³/mol. The maximum Gasteiger partial charge on any atom is 0.161 e. The largest absolute Gasteiger partial charge is 0.493 e. The lowest BCUT2D eigenvalue weighted by Gasteiger charge is -2.23. The molecule has 0 saturated carbocycles. The second-order valence-electron chi connectivity index (χ2n) is 4.52. The molecule has 1 heterocycles. The van der Waals surface area contributed by atoms with Crippen molar-refractivity contribution in [2.45, 2.75) is 12.6 Å². The summed E-state index contributed by atoms with van der Waals surface area (Å²) in [5, 5.41) is 6.71. The number of ether oxygens (including phenoxy) is 3. The van der Waals surface area contributed by atoms with E-state index in [1.54, 1.807) is 14.2 Å². The van der Waals surface area contributed by atoms with Crippen molar-refractivity contribution >= 4 is 0 Å². The molecule has 5 nitrogen and oxygen atoms in total. The molecule has 5 heteroatoms. The Morgan fingerprint density at radius 3 is 2.84 bits per heavy atom. The number of rotatable bonds is 6. The first-order valence-electron chi connectivity index (χ1n) is 6.57. The average Bonchev–Trinajstić information content (AvgIpc) is 2.48. The molecule has 0 amide bonds. The fourth-order valence-electron chi connectivity index (χ4n) is 2.12. The predicted octanol–water partition coefficient (Wildman–Crippen LogP) is 0.782. The van der Waals surface area contributed by atoms with Gasteiger partial charge in [0.2, 0.25) is 0 Å². The second-order valence-corrected chi connectivity index (χ2v) is 4.52. The summed E-state index contributed by atoms with van der Waals surface area (Å²) >= 11 is 0. The van der Waals surface area contributed by atoms with Gasteiger partial charge in [-0.15, -0.1) is 0 Å². The number of morpholine rings is 1. The molecule has 1 unspecified atom stereocenters. The van der Waals surface area contributed by atoms with E-state index in [1.165, 1.54) is 5.56 Å². The number of nitrogens with one attached hydrogen (secondary N) is 2. The zero-order valence-electron chi connectivity index (χ0n) is 11.6. The van der Waals surface area contributed by atoms with E-state index in [4.69, 9.17) is 14.2 Å². The Bertz CT molecular complexity index is 392. The summed E-state index contributed by atoms with van der Waals surface area (Å²) in [4.78, 5) is 0. The molecular weight excluding hydrogens is 244 g/mol. The summed E-state index contributed by atoms with van der Waals surface area (Å²) in [7, 11) is 3.29. The number of benzene rings is 1. The van der Waals surface area contributed by atoms with Gasteiger partial charge in [-0.2, -0.15) is 0 Å². The molecule has 1 aromatic rings. The van der Waals surface area contributed by atoms with E-state index < -0.39 is 0 Å². The van der Waals surface area contributed by atoms with Crippen molar-refractivity contribution < 1.29 is 14.2 Å². The van der Waals surface area contributed by atoms with E-state index >= 15 is 0 Å². The normalized spacial score (nSPS) is 19.2. The topological polar surface area (TPSA) is 51.8 Å². The highest BCUT2D eigenvalue weighted by Gasteiger charge is 2.12. The van der Waals surface area contributed by atoms with Crippen LogP contribution < -0.4 is 20.1 Å². The number of methoxy groups -OCH3 is 2. The Balaban J connectivity index is 1.81. The first-order chi connectivity index (χ1) is 9.33. The van der Waals surface area contributed by atoms with Gasteiger partial charge >= 0.3 is 0 Å². The molecule has 1 fully saturated rings. The smallest absolute Gasteiger partial charge is 0.161 e. The molecule has 2 rings (SSSR count). The summed E-state index contributed by atoms with van der Waals surface area (Å²) in [5.41, 5.74) is 1.17. The zero-order valence-corrected chi connectivity index (χ0v) is 11.6. The van der Waals surface area contributed by atoms with Crippen LogP contribution in [-0.2, 0) is 11.3 Å². The van der Waals surface area contributed by atoms with Crippen molar-refractivity contribution in [3.63, 3.8) is 0 Å². The van der Waals surface area contributed by atoms with Crippen molar-refractivity contribution in [2.24, 2.45) is 0 Å². The minimum Gasteiger partial charge on any atom is -0.493 e. The van der Waals surface area contributed by atoms with Gasteiger partial charge in [-0.3, -0.25) is 0 Å². The summed E-state index contributed by atoms with van der Waals surface area (Å²) in [6.07, 6.45) is 0.258. The Morgan fingerprint density at radius 1 is 1.32 bits per heavy atom. The van der Waals surface area contributed by atoms with E-state index in [2.05, 4.69) is 10.6 Å². The summed E-state index contributed by atoms with van der Waals surface area (Å²) in [6, 6.07) is 5.95. The van der Waals surface area contributed by atoms with Gasteiger partial charge in [-0.25, -0.2) is 0 Å². The van der Waals surface area contributed by atoms with E-state index in [-0.39, 0.29) is 6.10 Å². The molecule has 0 aliphatic carbocycles. The maximum absolute atomic E-state index is 5.63. The SMILES string of the molecule is COc1ccc(CNCC2CNCCO2)cc1OC. The third-order valence-electron chi connectivity index (χ3n) is 3.15. The quantitative estimate of drug-likeness (QED) is 0.797. The van der Waals surface area contributed by atoms with Crippen molar-refractivity contribution in [3.8, 4) is 11.5 Å². The Morgan fingerprint density at radius 2 is 2.16 bits per heavy atom. The van der Waals surface area contributed by atoms with Crippen LogP contribution in [-0.4, -0.2) is 46.6 Å². The van der Waals surface area contributed by atoms with Crippen LogP contribution in [0.3, 0.4) is 0 Å². The minimum atomic E-state index is 0.258. The fourth-order valence-corrected chi connectivity index (χ4v) is 2.12. The highest BCUT2D eigenvalue weighted by Crippen LogP contribution is 2.27. The zero-order chi connectivity index (χ0) is 13.5. The van der Waals surface area contributed by atoms with Crippen LogP contribution in [0.1, 0.15) is 5.56 Å². The lowest BCUT2D eigenvalue weighted by Crippen LogP contribution is -2.43. The molecule has 0 aromatic heterocycles. The fraction of sp³-hybridized carbons (Fsp3) is 0.571. The van der Waals surface area contributed by atoms with E-state index in [1.807, 2.05) is 18.2 Å². The molecule has 1 aliphatic rings. The highest BCUT2D eigenvalue weighted by atomic mass is 16.5. The number of hydrogen-bond donors (Lipinski definition) is 2. The molecule has 0 bridgehead atoms. The summed E-state index contributed by atoms with van der Waals surface area (Å²) < 4.78 is 16.1. The second kappa shape index (κ2) is 7.33. The van der Waals surface area contributed by atoms with Crippen molar-refractivity contribution in [1.82, 2.24) is 10.6 Å². The Kier molecular flexibility index (Phi) is 5.44. The molecule has 106 valence electrons. The van der Waals surface area contributed by atoms with E-state index in [0.717, 1.165) is 44.3 Å². The highest BCUT2D eigenvalue weighted by molar-refractivity contribution is 5.42. The summed E-state index contributed by atoms with van der Waals surface area (Å²) in [6.45, 7) is 4.30. The van der Waals surface area contributed by atoms with Gasteiger partial charge in [0.1, 0.15) is 0 Å². The van der Waals surface area contributed by atoms with Gasteiger partial charge in [0.15, 0.2) is 11.5 Å². The van der Waals surface area contributed by atoms with Gasteiger partial charge < -0.3 is 24.8 Å². The van der Waals surface area contributed by atoms with Crippen molar-refractivity contribution in [3.05, 3.63) is 23.8 Å². The third kappa shape index (κ3) is 4.09. The van der Waals surface area contributed by atoms with Gasteiger partial charge in [0, 0.05) is 26.2 Å². The third-order valence-corrected chi connectivity index (χ3v) is 3.15. The molecular formula is C14H22N2O3. The maximum atomic E-state index is 5.63. The Hall–Kier alpha value is -1.30. The van der Waals surface area contributed by atoms with Crippen LogP contribution in [0.2, 0.25) is 0 Å². The van der Waals surface area contributed by atoms with Gasteiger partial charge in [-0.05, 0) is 17.7 Å². The van der Waals surface area contributed by atoms with Crippen molar-refractivity contribution in [2.75, 3.05) is 40.5 Å². The van der Waals surface area contributed by atoms with Crippen LogP contribution in [0.4, 0.5) is 0 Å². The van der Waals surface area contributed by atoms with E-state index in [9.17, 15) is 0 Å². The first-order valence-corrected chi connectivity index (χ1v) is 6.57. The molecule has 1 atom stereocenters. The monoisotopic (exact) mass is 266 g/mol. The van der Waals surface area contributed by atoms with Crippen LogP contribution in [0, 0.1) is 0 Å². The average molecular weight is 266 g/mol. The van der Waals surface area contributed by atoms with E-state index in [0.29, 0.717) is 0 Å². The standard InChI is InChI=1S/C14H22N2O3/c1-17-13-4-3-11(7-14(13)18-2)8-16-10-12-9-15-5-6-19-12/h3-4,7,12,15-16H,5-6,8-10H2,1-2H3. The lowest BCUT2D eigenvalue weighted by atomic mass is 10.2. The molecule has 1 aromatic carbocycles. The van der Waals surface area contributed by atoms with Crippen LogP contribution >= 0.6 is 0 Å². The molecule has 2 N–H and O–H groups in total. The molecule has 0 radical (unpaired) electrons. The Labute approximate surface area is 114 Å². The van der Waals surface area contributed by atoms with Crippen LogP contribution in [0.25, 0.3) is 0 Å². The molecule has 1 saturated heterocycles. The number of hydrogen-bond acceptors (Lipinski definition) is 5. The van der Waals surface area contributed by atoms with Gasteiger partial charge in [-0.1, -0.05) is 6.07 Å². The summed E-state index contributed by atoms with van der Waals surface area (Å²) in [5.74, 6) is 1.52.